The minimum absolute atomic E-state index is 0.123. The molecule has 0 saturated carbocycles. The Balaban J connectivity index is 1.50. The van der Waals surface area contributed by atoms with Gasteiger partial charge in [0.2, 0.25) is 0 Å². The Morgan fingerprint density at radius 2 is 1.82 bits per heavy atom. The number of hydrogen-bond acceptors (Lipinski definition) is 2. The molecule has 4 nitrogen and oxygen atoms in total. The van der Waals surface area contributed by atoms with Crippen molar-refractivity contribution in [3.63, 3.8) is 0 Å². The molecule has 1 atom stereocenters. The van der Waals surface area contributed by atoms with E-state index >= 15 is 0 Å². The first-order chi connectivity index (χ1) is 16.2. The molecule has 2 amide bonds. The standard InChI is InChI=1S/C27H24ClN3OS/c28-19-10-6-11-20(16-19)29-27(32)31-17-22-21-12-4-5-14-24(21)33-26(22)30-15-7-13-23(30)25(31)18-8-2-1-3-9-18/h1-3,6-11,13,15-16,25H,4-5,12,14,17H2,(H,29,32)/t25-/m0/s1. The maximum Gasteiger partial charge on any atom is 0.322 e. The Morgan fingerprint density at radius 3 is 2.67 bits per heavy atom. The molecule has 6 rings (SSSR count). The van der Waals surface area contributed by atoms with Crippen molar-refractivity contribution in [2.24, 2.45) is 0 Å². The number of carbonyl (C=O) groups is 1. The first-order valence-corrected chi connectivity index (χ1v) is 12.6. The van der Waals surface area contributed by atoms with Crippen LogP contribution in [0.15, 0.2) is 72.9 Å². The summed E-state index contributed by atoms with van der Waals surface area (Å²) in [5, 5.41) is 4.97. The van der Waals surface area contributed by atoms with Crippen molar-refractivity contribution in [2.45, 2.75) is 38.3 Å². The normalized spacial score (nSPS) is 17.0. The second-order valence-electron chi connectivity index (χ2n) is 8.68. The smallest absolute Gasteiger partial charge is 0.310 e. The molecule has 2 aliphatic rings. The van der Waals surface area contributed by atoms with Crippen LogP contribution in [0.25, 0.3) is 5.00 Å². The summed E-state index contributed by atoms with van der Waals surface area (Å²) in [6.45, 7) is 0.578. The van der Waals surface area contributed by atoms with Crippen molar-refractivity contribution in [2.75, 3.05) is 5.32 Å². The molecular weight excluding hydrogens is 450 g/mol. The number of amides is 2. The number of benzene rings is 2. The number of hydrogen-bond donors (Lipinski definition) is 1. The summed E-state index contributed by atoms with van der Waals surface area (Å²) in [5.74, 6) is 0. The van der Waals surface area contributed by atoms with E-state index in [4.69, 9.17) is 11.6 Å². The molecule has 3 heterocycles. The van der Waals surface area contributed by atoms with Gasteiger partial charge in [0, 0.05) is 27.3 Å². The highest BCUT2D eigenvalue weighted by atomic mass is 35.5. The van der Waals surface area contributed by atoms with Gasteiger partial charge < -0.3 is 14.8 Å². The largest absolute Gasteiger partial charge is 0.322 e. The van der Waals surface area contributed by atoms with Crippen molar-refractivity contribution in [3.8, 4) is 5.00 Å². The fourth-order valence-electron chi connectivity index (χ4n) is 5.13. The number of urea groups is 1. The summed E-state index contributed by atoms with van der Waals surface area (Å²) in [4.78, 5) is 17.3. The van der Waals surface area contributed by atoms with E-state index in [1.807, 2.05) is 52.6 Å². The Labute approximate surface area is 202 Å². The minimum Gasteiger partial charge on any atom is -0.310 e. The number of aromatic nitrogens is 1. The lowest BCUT2D eigenvalue weighted by Crippen LogP contribution is -2.38. The van der Waals surface area contributed by atoms with Crippen LogP contribution in [0.3, 0.4) is 0 Å². The summed E-state index contributed by atoms with van der Waals surface area (Å²) in [6.07, 6.45) is 6.84. The molecule has 0 fully saturated rings. The van der Waals surface area contributed by atoms with Gasteiger partial charge in [-0.05, 0) is 67.1 Å². The van der Waals surface area contributed by atoms with E-state index in [0.717, 1.165) is 24.1 Å². The van der Waals surface area contributed by atoms with Crippen LogP contribution in [0.4, 0.5) is 10.5 Å². The van der Waals surface area contributed by atoms with Crippen LogP contribution >= 0.6 is 22.9 Å². The van der Waals surface area contributed by atoms with Crippen LogP contribution in [0.2, 0.25) is 5.02 Å². The van der Waals surface area contributed by atoms with E-state index in [1.54, 1.807) is 6.07 Å². The van der Waals surface area contributed by atoms with Gasteiger partial charge in [0.15, 0.2) is 0 Å². The molecule has 1 aliphatic carbocycles. The van der Waals surface area contributed by atoms with Crippen LogP contribution in [-0.4, -0.2) is 15.5 Å². The predicted octanol–water partition coefficient (Wildman–Crippen LogP) is 7.21. The molecule has 6 heteroatoms. The van der Waals surface area contributed by atoms with Crippen molar-refractivity contribution in [1.82, 2.24) is 9.47 Å². The molecule has 0 radical (unpaired) electrons. The van der Waals surface area contributed by atoms with Gasteiger partial charge in [0.05, 0.1) is 18.3 Å². The molecule has 0 bridgehead atoms. The molecule has 2 aromatic heterocycles. The summed E-state index contributed by atoms with van der Waals surface area (Å²) in [6, 6.07) is 21.6. The molecule has 0 spiro atoms. The van der Waals surface area contributed by atoms with Gasteiger partial charge in [-0.2, -0.15) is 0 Å². The lowest BCUT2D eigenvalue weighted by atomic mass is 9.95. The Kier molecular flexibility index (Phi) is 5.24. The molecule has 0 unspecified atom stereocenters. The van der Waals surface area contributed by atoms with Crippen molar-refractivity contribution in [1.29, 1.82) is 0 Å². The van der Waals surface area contributed by atoms with E-state index in [0.29, 0.717) is 17.3 Å². The highest BCUT2D eigenvalue weighted by Crippen LogP contribution is 2.44. The number of nitrogens with zero attached hydrogens (tertiary/aromatic N) is 2. The third kappa shape index (κ3) is 3.65. The maximum absolute atomic E-state index is 13.8. The molecule has 2 aromatic carbocycles. The van der Waals surface area contributed by atoms with Gasteiger partial charge in [0.25, 0.3) is 0 Å². The Bertz CT molecular complexity index is 1330. The third-order valence-electron chi connectivity index (χ3n) is 6.63. The van der Waals surface area contributed by atoms with Crippen molar-refractivity contribution in [3.05, 3.63) is 105 Å². The van der Waals surface area contributed by atoms with Crippen LogP contribution in [0.5, 0.6) is 0 Å². The number of thiophene rings is 1. The quantitative estimate of drug-likeness (QED) is 0.328. The average molecular weight is 474 g/mol. The summed E-state index contributed by atoms with van der Waals surface area (Å²) < 4.78 is 2.31. The number of fused-ring (bicyclic) bond motifs is 5. The Morgan fingerprint density at radius 1 is 0.970 bits per heavy atom. The first-order valence-electron chi connectivity index (χ1n) is 11.4. The van der Waals surface area contributed by atoms with E-state index in [9.17, 15) is 4.79 Å². The number of halogens is 1. The predicted molar refractivity (Wildman–Crippen MR) is 135 cm³/mol. The first kappa shape index (κ1) is 20.6. The number of carbonyl (C=O) groups excluding carboxylic acids is 1. The van der Waals surface area contributed by atoms with Gasteiger partial charge in [-0.15, -0.1) is 11.3 Å². The van der Waals surface area contributed by atoms with Crippen LogP contribution in [0, 0.1) is 0 Å². The fraction of sp³-hybridized carbons (Fsp3) is 0.222. The number of anilines is 1. The lowest BCUT2D eigenvalue weighted by Gasteiger charge is -2.31. The molecular formula is C27H24ClN3OS. The molecule has 166 valence electrons. The summed E-state index contributed by atoms with van der Waals surface area (Å²) in [5.41, 5.74) is 5.66. The molecule has 1 N–H and O–H groups in total. The van der Waals surface area contributed by atoms with E-state index < -0.39 is 0 Å². The zero-order valence-electron chi connectivity index (χ0n) is 18.1. The maximum atomic E-state index is 13.8. The monoisotopic (exact) mass is 473 g/mol. The van der Waals surface area contributed by atoms with Gasteiger partial charge >= 0.3 is 6.03 Å². The molecule has 4 aromatic rings. The third-order valence-corrected chi connectivity index (χ3v) is 8.20. The number of aryl methyl sites for hydroxylation is 1. The Hall–Kier alpha value is -3.02. The fourth-order valence-corrected chi connectivity index (χ4v) is 6.73. The second kappa shape index (κ2) is 8.40. The SMILES string of the molecule is O=C(Nc1cccc(Cl)c1)N1Cc2c(sc3c2CCCC3)-n2cccc2[C@@H]1c1ccccc1. The van der Waals surface area contributed by atoms with Gasteiger partial charge in [-0.1, -0.05) is 48.0 Å². The molecule has 1 aliphatic heterocycles. The van der Waals surface area contributed by atoms with E-state index in [-0.39, 0.29) is 12.1 Å². The number of nitrogens with one attached hydrogen (secondary N) is 1. The van der Waals surface area contributed by atoms with Crippen molar-refractivity contribution >= 4 is 34.7 Å². The average Bonchev–Trinajstić information content (AvgIpc) is 3.41. The molecule has 33 heavy (non-hydrogen) atoms. The minimum atomic E-state index is -0.195. The topological polar surface area (TPSA) is 37.3 Å². The van der Waals surface area contributed by atoms with E-state index in [2.05, 4.69) is 40.3 Å². The van der Waals surface area contributed by atoms with Gasteiger partial charge in [0.1, 0.15) is 5.00 Å². The summed E-state index contributed by atoms with van der Waals surface area (Å²) >= 11 is 8.08. The van der Waals surface area contributed by atoms with Gasteiger partial charge in [-0.3, -0.25) is 0 Å². The van der Waals surface area contributed by atoms with E-state index in [1.165, 1.54) is 33.8 Å². The zero-order chi connectivity index (χ0) is 22.4. The number of rotatable bonds is 2. The van der Waals surface area contributed by atoms with Crippen molar-refractivity contribution < 1.29 is 4.79 Å². The summed E-state index contributed by atoms with van der Waals surface area (Å²) in [7, 11) is 0. The van der Waals surface area contributed by atoms with Gasteiger partial charge in [-0.25, -0.2) is 4.79 Å². The van der Waals surface area contributed by atoms with Crippen LogP contribution < -0.4 is 5.32 Å². The van der Waals surface area contributed by atoms with Crippen LogP contribution in [-0.2, 0) is 19.4 Å². The lowest BCUT2D eigenvalue weighted by molar-refractivity contribution is 0.194. The zero-order valence-corrected chi connectivity index (χ0v) is 19.7. The molecule has 0 saturated heterocycles. The highest BCUT2D eigenvalue weighted by molar-refractivity contribution is 7.15. The second-order valence-corrected chi connectivity index (χ2v) is 10.2. The van der Waals surface area contributed by atoms with Crippen LogP contribution in [0.1, 0.15) is 46.1 Å². The highest BCUT2D eigenvalue weighted by Gasteiger charge is 2.36.